The Morgan fingerprint density at radius 2 is 1.95 bits per heavy atom. The monoisotopic (exact) mass is 310 g/mol. The molecule has 21 heavy (non-hydrogen) atoms. The summed E-state index contributed by atoms with van der Waals surface area (Å²) in [5.41, 5.74) is 1.18. The molecule has 5 nitrogen and oxygen atoms in total. The Morgan fingerprint density at radius 3 is 2.52 bits per heavy atom. The van der Waals surface area contributed by atoms with E-state index in [1.165, 1.54) is 0 Å². The van der Waals surface area contributed by atoms with Gasteiger partial charge in [0.25, 0.3) is 0 Å². The second kappa shape index (κ2) is 8.78. The molecular formula is C15H22N2O3S. The topological polar surface area (TPSA) is 79.2 Å². The lowest BCUT2D eigenvalue weighted by atomic mass is 10.2. The van der Waals surface area contributed by atoms with Crippen LogP contribution in [0.3, 0.4) is 0 Å². The number of sulfonamides is 1. The van der Waals surface area contributed by atoms with Crippen molar-refractivity contribution in [3.05, 3.63) is 35.4 Å². The molecule has 0 aliphatic heterocycles. The lowest BCUT2D eigenvalue weighted by Gasteiger charge is -2.08. The highest BCUT2D eigenvalue weighted by Gasteiger charge is 2.10. The molecule has 1 rings (SSSR count). The predicted molar refractivity (Wildman–Crippen MR) is 82.1 cm³/mol. The predicted octanol–water partition coefficient (Wildman–Crippen LogP) is 2.04. The number of rotatable bonds is 9. The van der Waals surface area contributed by atoms with Crippen molar-refractivity contribution in [2.75, 3.05) is 19.8 Å². The molecule has 0 unspecified atom stereocenters. The van der Waals surface area contributed by atoms with Crippen molar-refractivity contribution in [1.29, 1.82) is 5.26 Å². The van der Waals surface area contributed by atoms with Crippen LogP contribution < -0.4 is 4.72 Å². The minimum atomic E-state index is -3.35. The first-order valence-corrected chi connectivity index (χ1v) is 8.62. The zero-order chi connectivity index (χ0) is 15.7. The highest BCUT2D eigenvalue weighted by atomic mass is 32.2. The van der Waals surface area contributed by atoms with E-state index in [0.717, 1.165) is 0 Å². The molecule has 0 heterocycles. The van der Waals surface area contributed by atoms with Gasteiger partial charge in [-0.1, -0.05) is 26.0 Å². The molecule has 0 aromatic heterocycles. The molecule has 0 aliphatic carbocycles. The summed E-state index contributed by atoms with van der Waals surface area (Å²) in [5, 5.41) is 8.69. The molecule has 0 amide bonds. The van der Waals surface area contributed by atoms with Crippen LogP contribution in [0.5, 0.6) is 0 Å². The number of hydrogen-bond donors (Lipinski definition) is 1. The van der Waals surface area contributed by atoms with Gasteiger partial charge in [-0.25, -0.2) is 13.1 Å². The summed E-state index contributed by atoms with van der Waals surface area (Å²) >= 11 is 0. The minimum Gasteiger partial charge on any atom is -0.381 e. The first-order valence-electron chi connectivity index (χ1n) is 6.97. The Bertz CT molecular complexity index is 560. The quantitative estimate of drug-likeness (QED) is 0.708. The molecular weight excluding hydrogens is 288 g/mol. The summed E-state index contributed by atoms with van der Waals surface area (Å²) in [6.07, 6.45) is 0.652. The number of benzene rings is 1. The molecule has 0 spiro atoms. The SMILES string of the molecule is CC(C)COCCCNS(=O)(=O)Cc1ccc(C#N)cc1. The van der Waals surface area contributed by atoms with E-state index in [-0.39, 0.29) is 5.75 Å². The van der Waals surface area contributed by atoms with Crippen LogP contribution in [0.4, 0.5) is 0 Å². The normalized spacial score (nSPS) is 11.5. The molecule has 0 saturated carbocycles. The highest BCUT2D eigenvalue weighted by Crippen LogP contribution is 2.07. The molecule has 116 valence electrons. The first-order chi connectivity index (χ1) is 9.93. The summed E-state index contributed by atoms with van der Waals surface area (Å²) in [4.78, 5) is 0. The van der Waals surface area contributed by atoms with Crippen molar-refractivity contribution >= 4 is 10.0 Å². The Hall–Kier alpha value is -1.42. The molecule has 1 aromatic rings. The Morgan fingerprint density at radius 1 is 1.29 bits per heavy atom. The van der Waals surface area contributed by atoms with Crippen LogP contribution in [0.1, 0.15) is 31.4 Å². The summed E-state index contributed by atoms with van der Waals surface area (Å²) in [6, 6.07) is 8.54. The van der Waals surface area contributed by atoms with Gasteiger partial charge < -0.3 is 4.74 Å². The summed E-state index contributed by atoms with van der Waals surface area (Å²) < 4.78 is 31.7. The lowest BCUT2D eigenvalue weighted by molar-refractivity contribution is 0.108. The average Bonchev–Trinajstić information content (AvgIpc) is 2.43. The number of nitrogens with zero attached hydrogens (tertiary/aromatic N) is 1. The van der Waals surface area contributed by atoms with E-state index in [1.54, 1.807) is 24.3 Å². The molecule has 0 fully saturated rings. The van der Waals surface area contributed by atoms with Gasteiger partial charge in [-0.3, -0.25) is 0 Å². The molecule has 0 bridgehead atoms. The molecule has 0 atom stereocenters. The zero-order valence-corrected chi connectivity index (χ0v) is 13.3. The second-order valence-corrected chi connectivity index (χ2v) is 7.09. The van der Waals surface area contributed by atoms with E-state index >= 15 is 0 Å². The summed E-state index contributed by atoms with van der Waals surface area (Å²) in [5.74, 6) is 0.407. The minimum absolute atomic E-state index is 0.0778. The standard InChI is InChI=1S/C15H22N2O3S/c1-13(2)11-20-9-3-8-17-21(18,19)12-15-6-4-14(10-16)5-7-15/h4-7,13,17H,3,8-9,11-12H2,1-2H3. The smallest absolute Gasteiger partial charge is 0.215 e. The number of ether oxygens (including phenoxy) is 1. The van der Waals surface area contributed by atoms with Crippen molar-refractivity contribution in [2.24, 2.45) is 5.92 Å². The van der Waals surface area contributed by atoms with Crippen LogP contribution in [-0.2, 0) is 20.5 Å². The molecule has 6 heteroatoms. The van der Waals surface area contributed by atoms with Gasteiger partial charge in [-0.15, -0.1) is 0 Å². The lowest BCUT2D eigenvalue weighted by Crippen LogP contribution is -2.27. The van der Waals surface area contributed by atoms with E-state index < -0.39 is 10.0 Å². The fourth-order valence-electron chi connectivity index (χ4n) is 1.67. The third-order valence-electron chi connectivity index (χ3n) is 2.68. The van der Waals surface area contributed by atoms with Gasteiger partial charge in [0.1, 0.15) is 0 Å². The number of nitrogens with one attached hydrogen (secondary N) is 1. The van der Waals surface area contributed by atoms with Crippen LogP contribution in [-0.4, -0.2) is 28.2 Å². The largest absolute Gasteiger partial charge is 0.381 e. The van der Waals surface area contributed by atoms with Crippen molar-refractivity contribution in [3.63, 3.8) is 0 Å². The number of hydrogen-bond acceptors (Lipinski definition) is 4. The van der Waals surface area contributed by atoms with E-state index in [4.69, 9.17) is 10.00 Å². The molecule has 0 saturated heterocycles. The maximum atomic E-state index is 11.9. The van der Waals surface area contributed by atoms with Gasteiger partial charge in [-0.05, 0) is 30.0 Å². The summed E-state index contributed by atoms with van der Waals surface area (Å²) in [7, 11) is -3.35. The maximum absolute atomic E-state index is 11.9. The molecule has 0 radical (unpaired) electrons. The maximum Gasteiger partial charge on any atom is 0.215 e. The fraction of sp³-hybridized carbons (Fsp3) is 0.533. The van der Waals surface area contributed by atoms with Crippen molar-refractivity contribution in [1.82, 2.24) is 4.72 Å². The third kappa shape index (κ3) is 7.81. The van der Waals surface area contributed by atoms with Crippen molar-refractivity contribution in [2.45, 2.75) is 26.0 Å². The van der Waals surface area contributed by atoms with Gasteiger partial charge >= 0.3 is 0 Å². The van der Waals surface area contributed by atoms with E-state index in [2.05, 4.69) is 18.6 Å². The van der Waals surface area contributed by atoms with E-state index in [0.29, 0.717) is 43.2 Å². The zero-order valence-electron chi connectivity index (χ0n) is 12.5. The van der Waals surface area contributed by atoms with Crippen LogP contribution in [0.2, 0.25) is 0 Å². The molecule has 1 aromatic carbocycles. The van der Waals surface area contributed by atoms with Crippen LogP contribution in [0, 0.1) is 17.2 Å². The Labute approximate surface area is 127 Å². The fourth-order valence-corrected chi connectivity index (χ4v) is 2.86. The van der Waals surface area contributed by atoms with Gasteiger partial charge in [-0.2, -0.15) is 5.26 Å². The van der Waals surface area contributed by atoms with Crippen molar-refractivity contribution in [3.8, 4) is 6.07 Å². The third-order valence-corrected chi connectivity index (χ3v) is 4.04. The van der Waals surface area contributed by atoms with Crippen LogP contribution in [0.25, 0.3) is 0 Å². The van der Waals surface area contributed by atoms with Gasteiger partial charge in [0.2, 0.25) is 10.0 Å². The Balaban J connectivity index is 2.31. The van der Waals surface area contributed by atoms with Crippen LogP contribution in [0.15, 0.2) is 24.3 Å². The molecule has 1 N–H and O–H groups in total. The van der Waals surface area contributed by atoms with Gasteiger partial charge in [0, 0.05) is 19.8 Å². The van der Waals surface area contributed by atoms with E-state index in [9.17, 15) is 8.42 Å². The van der Waals surface area contributed by atoms with E-state index in [1.807, 2.05) is 6.07 Å². The van der Waals surface area contributed by atoms with Gasteiger partial charge in [0.05, 0.1) is 17.4 Å². The summed E-state index contributed by atoms with van der Waals surface area (Å²) in [6.45, 7) is 5.76. The Kier molecular flexibility index (Phi) is 7.37. The highest BCUT2D eigenvalue weighted by molar-refractivity contribution is 7.88. The second-order valence-electron chi connectivity index (χ2n) is 5.28. The first kappa shape index (κ1) is 17.6. The molecule has 0 aliphatic rings. The van der Waals surface area contributed by atoms with Crippen LogP contribution >= 0.6 is 0 Å². The average molecular weight is 310 g/mol. The van der Waals surface area contributed by atoms with Gasteiger partial charge in [0.15, 0.2) is 0 Å². The van der Waals surface area contributed by atoms with Crippen molar-refractivity contribution < 1.29 is 13.2 Å². The number of nitriles is 1.